The number of allylic oxidation sites excluding steroid dienone is 22. The van der Waals surface area contributed by atoms with Crippen LogP contribution in [0, 0.1) is 0 Å². The van der Waals surface area contributed by atoms with E-state index in [0.29, 0.717) is 19.3 Å². The molecule has 1 atom stereocenters. The maximum absolute atomic E-state index is 12.8. The minimum atomic E-state index is -0.824. The molecule has 0 aliphatic carbocycles. The standard InChI is InChI=1S/C61H96O6/c1-4-7-10-13-16-19-22-25-27-29-30-32-33-36-39-42-45-48-51-54-60(63)66-57-58(56-65-59(62)53-50-47-44-41-38-35-24-21-18-15-12-9-6-3)67-61(64)55-52-49-46-43-40-37-34-31-28-26-23-20-17-14-11-8-5-2/h8-9,11-12,14-15,17-18,20-21,23-24,26,28-31,34-35,37-38,40,58H,4-7,10,13,16,19,22,25,27,32-33,36,39,41-57H2,1-3H3/b11-8-,12-9-,17-14-,18-15-,23-20-,24-21-,28-26-,30-29-,34-31+,38-35-,40-37-. The third kappa shape index (κ3) is 52.4. The first-order valence-electron chi connectivity index (χ1n) is 26.8. The lowest BCUT2D eigenvalue weighted by Gasteiger charge is -2.18. The Hall–Kier alpha value is -4.45. The van der Waals surface area contributed by atoms with Gasteiger partial charge < -0.3 is 14.2 Å². The van der Waals surface area contributed by atoms with E-state index >= 15 is 0 Å². The van der Waals surface area contributed by atoms with Gasteiger partial charge in [0, 0.05) is 19.3 Å². The molecule has 0 heterocycles. The normalized spacial score (nSPS) is 13.2. The molecule has 0 aliphatic rings. The highest BCUT2D eigenvalue weighted by Crippen LogP contribution is 2.14. The Morgan fingerprint density at radius 2 is 0.597 bits per heavy atom. The van der Waals surface area contributed by atoms with Crippen molar-refractivity contribution in [2.24, 2.45) is 0 Å². The van der Waals surface area contributed by atoms with Crippen molar-refractivity contribution in [1.29, 1.82) is 0 Å². The number of carbonyl (C=O) groups excluding carboxylic acids is 3. The van der Waals surface area contributed by atoms with E-state index in [-0.39, 0.29) is 37.5 Å². The molecule has 0 rings (SSSR count). The fraction of sp³-hybridized carbons (Fsp3) is 0.590. The first-order valence-corrected chi connectivity index (χ1v) is 26.8. The van der Waals surface area contributed by atoms with Crippen molar-refractivity contribution in [3.8, 4) is 0 Å². The second-order valence-corrected chi connectivity index (χ2v) is 17.3. The molecule has 0 fully saturated rings. The lowest BCUT2D eigenvalue weighted by atomic mass is 10.1. The molecule has 0 N–H and O–H groups in total. The van der Waals surface area contributed by atoms with Crippen molar-refractivity contribution in [2.75, 3.05) is 13.2 Å². The summed E-state index contributed by atoms with van der Waals surface area (Å²) in [6.45, 7) is 6.26. The number of unbranched alkanes of at least 4 members (excludes halogenated alkanes) is 21. The smallest absolute Gasteiger partial charge is 0.306 e. The van der Waals surface area contributed by atoms with Crippen LogP contribution in [0.25, 0.3) is 0 Å². The molecule has 0 radical (unpaired) electrons. The number of ether oxygens (including phenoxy) is 3. The van der Waals surface area contributed by atoms with Crippen molar-refractivity contribution in [2.45, 2.75) is 219 Å². The van der Waals surface area contributed by atoms with Gasteiger partial charge in [-0.05, 0) is 83.5 Å². The van der Waals surface area contributed by atoms with Crippen molar-refractivity contribution in [3.05, 3.63) is 134 Å². The second-order valence-electron chi connectivity index (χ2n) is 17.3. The van der Waals surface area contributed by atoms with E-state index in [9.17, 15) is 14.4 Å². The van der Waals surface area contributed by atoms with Crippen LogP contribution in [0.5, 0.6) is 0 Å². The highest BCUT2D eigenvalue weighted by molar-refractivity contribution is 5.71. The summed E-state index contributed by atoms with van der Waals surface area (Å²) in [5.74, 6) is -1.01. The Kier molecular flexibility index (Phi) is 50.6. The fourth-order valence-electron chi connectivity index (χ4n) is 6.89. The number of carbonyl (C=O) groups is 3. The van der Waals surface area contributed by atoms with Crippen LogP contribution < -0.4 is 0 Å². The maximum Gasteiger partial charge on any atom is 0.306 e. The molecular weight excluding hydrogens is 829 g/mol. The molecule has 6 nitrogen and oxygen atoms in total. The third-order valence-electron chi connectivity index (χ3n) is 10.9. The zero-order valence-electron chi connectivity index (χ0n) is 42.9. The highest BCUT2D eigenvalue weighted by Gasteiger charge is 2.19. The molecule has 376 valence electrons. The second kappa shape index (κ2) is 54.2. The van der Waals surface area contributed by atoms with Gasteiger partial charge in [0.2, 0.25) is 0 Å². The molecule has 0 aromatic rings. The number of hydrogen-bond donors (Lipinski definition) is 0. The van der Waals surface area contributed by atoms with Crippen LogP contribution in [0.2, 0.25) is 0 Å². The lowest BCUT2D eigenvalue weighted by Crippen LogP contribution is -2.30. The van der Waals surface area contributed by atoms with Gasteiger partial charge in [0.15, 0.2) is 6.10 Å². The van der Waals surface area contributed by atoms with E-state index < -0.39 is 6.10 Å². The Labute approximate surface area is 411 Å². The van der Waals surface area contributed by atoms with Gasteiger partial charge in [-0.25, -0.2) is 0 Å². The van der Waals surface area contributed by atoms with E-state index in [2.05, 4.69) is 57.2 Å². The molecule has 0 bridgehead atoms. The molecule has 0 amide bonds. The molecule has 0 spiro atoms. The van der Waals surface area contributed by atoms with Gasteiger partial charge in [0.05, 0.1) is 0 Å². The van der Waals surface area contributed by atoms with Gasteiger partial charge in [-0.1, -0.05) is 244 Å². The van der Waals surface area contributed by atoms with Gasteiger partial charge >= 0.3 is 17.9 Å². The molecule has 0 saturated heterocycles. The molecule has 0 aliphatic heterocycles. The summed E-state index contributed by atoms with van der Waals surface area (Å²) < 4.78 is 16.7. The Balaban J connectivity index is 4.53. The molecule has 0 saturated carbocycles. The first-order chi connectivity index (χ1) is 33.0. The predicted octanol–water partition coefficient (Wildman–Crippen LogP) is 17.9. The summed E-state index contributed by atoms with van der Waals surface area (Å²) in [5.41, 5.74) is 0. The Bertz CT molecular complexity index is 1480. The van der Waals surface area contributed by atoms with Gasteiger partial charge in [-0.2, -0.15) is 0 Å². The average molecular weight is 925 g/mol. The third-order valence-corrected chi connectivity index (χ3v) is 10.9. The summed E-state index contributed by atoms with van der Waals surface area (Å²) in [4.78, 5) is 38.0. The SMILES string of the molecule is CC\C=C/C=C\C=C/C=C\C=C\C=C/CCCCCC(=O)OC(COC(=O)CCCCC\C=C/C=C\C=C/C=C\CC)COC(=O)CCCCCCCCC/C=C\CCCCCCCCCC. The van der Waals surface area contributed by atoms with Crippen LogP contribution in [-0.2, 0) is 28.6 Å². The Morgan fingerprint density at radius 1 is 0.313 bits per heavy atom. The van der Waals surface area contributed by atoms with E-state index in [1.54, 1.807) is 0 Å². The molecule has 6 heteroatoms. The highest BCUT2D eigenvalue weighted by atomic mass is 16.6. The molecule has 1 unspecified atom stereocenters. The largest absolute Gasteiger partial charge is 0.462 e. The molecular formula is C61H96O6. The molecule has 0 aromatic carbocycles. The zero-order valence-corrected chi connectivity index (χ0v) is 42.9. The lowest BCUT2D eigenvalue weighted by molar-refractivity contribution is -0.167. The predicted molar refractivity (Wildman–Crippen MR) is 288 cm³/mol. The number of hydrogen-bond acceptors (Lipinski definition) is 6. The summed E-state index contributed by atoms with van der Waals surface area (Å²) in [6, 6.07) is 0. The average Bonchev–Trinajstić information content (AvgIpc) is 3.33. The molecule has 0 aromatic heterocycles. The first kappa shape index (κ1) is 62.5. The van der Waals surface area contributed by atoms with Gasteiger partial charge in [0.1, 0.15) is 13.2 Å². The van der Waals surface area contributed by atoms with Crippen LogP contribution in [0.3, 0.4) is 0 Å². The summed E-state index contributed by atoms with van der Waals surface area (Å²) >= 11 is 0. The maximum atomic E-state index is 12.8. The van der Waals surface area contributed by atoms with Crippen LogP contribution in [0.4, 0.5) is 0 Å². The molecule has 67 heavy (non-hydrogen) atoms. The van der Waals surface area contributed by atoms with Crippen LogP contribution >= 0.6 is 0 Å². The van der Waals surface area contributed by atoms with E-state index in [4.69, 9.17) is 14.2 Å². The van der Waals surface area contributed by atoms with Crippen molar-refractivity contribution in [1.82, 2.24) is 0 Å². The fourth-order valence-corrected chi connectivity index (χ4v) is 6.89. The van der Waals surface area contributed by atoms with Crippen molar-refractivity contribution in [3.63, 3.8) is 0 Å². The topological polar surface area (TPSA) is 78.9 Å². The number of esters is 3. The zero-order chi connectivity index (χ0) is 48.6. The van der Waals surface area contributed by atoms with Crippen LogP contribution in [-0.4, -0.2) is 37.2 Å². The van der Waals surface area contributed by atoms with Gasteiger partial charge in [0.25, 0.3) is 0 Å². The van der Waals surface area contributed by atoms with Crippen LogP contribution in [0.1, 0.15) is 213 Å². The number of rotatable bonds is 46. The van der Waals surface area contributed by atoms with E-state index in [0.717, 1.165) is 77.0 Å². The summed E-state index contributed by atoms with van der Waals surface area (Å²) in [6.07, 6.45) is 75.8. The van der Waals surface area contributed by atoms with Gasteiger partial charge in [-0.3, -0.25) is 14.4 Å². The van der Waals surface area contributed by atoms with Crippen molar-refractivity contribution >= 4 is 17.9 Å². The van der Waals surface area contributed by atoms with E-state index in [1.807, 2.05) is 97.2 Å². The van der Waals surface area contributed by atoms with Gasteiger partial charge in [-0.15, -0.1) is 0 Å². The summed E-state index contributed by atoms with van der Waals surface area (Å²) in [7, 11) is 0. The quantitative estimate of drug-likeness (QED) is 0.0199. The minimum Gasteiger partial charge on any atom is -0.462 e. The van der Waals surface area contributed by atoms with E-state index in [1.165, 1.54) is 89.9 Å². The van der Waals surface area contributed by atoms with Crippen LogP contribution in [0.15, 0.2) is 134 Å². The summed E-state index contributed by atoms with van der Waals surface area (Å²) in [5, 5.41) is 0. The Morgan fingerprint density at radius 3 is 0.970 bits per heavy atom. The van der Waals surface area contributed by atoms with Crippen molar-refractivity contribution < 1.29 is 28.6 Å². The monoisotopic (exact) mass is 925 g/mol. The minimum absolute atomic E-state index is 0.116.